The van der Waals surface area contributed by atoms with E-state index in [-0.39, 0.29) is 5.41 Å². The van der Waals surface area contributed by atoms with Crippen molar-refractivity contribution in [1.29, 1.82) is 0 Å². The minimum atomic E-state index is -0.888. The van der Waals surface area contributed by atoms with Crippen molar-refractivity contribution < 1.29 is 19.4 Å². The summed E-state index contributed by atoms with van der Waals surface area (Å²) in [6, 6.07) is 13.5. The molecule has 1 saturated carbocycles. The lowest BCUT2D eigenvalue weighted by Crippen LogP contribution is -2.39. The maximum absolute atomic E-state index is 11.2. The first kappa shape index (κ1) is 17.9. The molecule has 0 radical (unpaired) electrons. The summed E-state index contributed by atoms with van der Waals surface area (Å²) in [7, 11) is 0. The van der Waals surface area contributed by atoms with Crippen molar-refractivity contribution in [2.75, 3.05) is 13.3 Å². The van der Waals surface area contributed by atoms with Crippen molar-refractivity contribution in [1.82, 2.24) is 5.32 Å². The SMILES string of the molecule is O=C(O)c1cccc(CNCC2(c3ccc4c(c3)OCO4)CCCCC2)c1. The molecule has 4 rings (SSSR count). The van der Waals surface area contributed by atoms with Crippen LogP contribution in [0.5, 0.6) is 11.5 Å². The lowest BCUT2D eigenvalue weighted by atomic mass is 9.69. The fourth-order valence-corrected chi connectivity index (χ4v) is 4.28. The number of carbonyl (C=O) groups is 1. The number of hydrogen-bond acceptors (Lipinski definition) is 4. The Balaban J connectivity index is 1.49. The molecule has 27 heavy (non-hydrogen) atoms. The summed E-state index contributed by atoms with van der Waals surface area (Å²) in [6.07, 6.45) is 6.03. The molecule has 2 N–H and O–H groups in total. The first-order valence-corrected chi connectivity index (χ1v) is 9.59. The van der Waals surface area contributed by atoms with Gasteiger partial charge in [0.15, 0.2) is 11.5 Å². The Morgan fingerprint density at radius 1 is 1.04 bits per heavy atom. The van der Waals surface area contributed by atoms with E-state index >= 15 is 0 Å². The molecule has 2 aromatic carbocycles. The average Bonchev–Trinajstić information content (AvgIpc) is 3.17. The van der Waals surface area contributed by atoms with E-state index in [1.807, 2.05) is 12.1 Å². The largest absolute Gasteiger partial charge is 0.478 e. The molecule has 1 fully saturated rings. The molecule has 1 aliphatic carbocycles. The molecule has 0 unspecified atom stereocenters. The quantitative estimate of drug-likeness (QED) is 0.804. The third-order valence-electron chi connectivity index (χ3n) is 5.76. The lowest BCUT2D eigenvalue weighted by molar-refractivity contribution is 0.0696. The second-order valence-corrected chi connectivity index (χ2v) is 7.52. The molecule has 2 aromatic rings. The lowest BCUT2D eigenvalue weighted by Gasteiger charge is -2.38. The fraction of sp³-hybridized carbons (Fsp3) is 0.409. The van der Waals surface area contributed by atoms with Gasteiger partial charge < -0.3 is 19.9 Å². The Bertz CT molecular complexity index is 827. The summed E-state index contributed by atoms with van der Waals surface area (Å²) in [4.78, 5) is 11.2. The fourth-order valence-electron chi connectivity index (χ4n) is 4.28. The van der Waals surface area contributed by atoms with E-state index in [1.54, 1.807) is 18.2 Å². The average molecular weight is 367 g/mol. The maximum Gasteiger partial charge on any atom is 0.335 e. The van der Waals surface area contributed by atoms with E-state index < -0.39 is 5.97 Å². The molecule has 2 aliphatic rings. The number of aromatic carboxylic acids is 1. The number of fused-ring (bicyclic) bond motifs is 1. The van der Waals surface area contributed by atoms with Crippen LogP contribution in [-0.4, -0.2) is 24.4 Å². The van der Waals surface area contributed by atoms with Crippen LogP contribution in [0.4, 0.5) is 0 Å². The van der Waals surface area contributed by atoms with Crippen LogP contribution in [0.25, 0.3) is 0 Å². The first-order valence-electron chi connectivity index (χ1n) is 9.59. The molecule has 1 aliphatic heterocycles. The Morgan fingerprint density at radius 3 is 2.67 bits per heavy atom. The van der Waals surface area contributed by atoms with E-state index in [0.717, 1.165) is 36.4 Å². The van der Waals surface area contributed by atoms with Crippen molar-refractivity contribution in [2.45, 2.75) is 44.1 Å². The molecular weight excluding hydrogens is 342 g/mol. The summed E-state index contributed by atoms with van der Waals surface area (Å²) in [6.45, 7) is 1.82. The molecule has 0 spiro atoms. The van der Waals surface area contributed by atoms with Gasteiger partial charge in [-0.3, -0.25) is 0 Å². The molecule has 0 bridgehead atoms. The third-order valence-corrected chi connectivity index (χ3v) is 5.76. The van der Waals surface area contributed by atoms with Gasteiger partial charge in [-0.15, -0.1) is 0 Å². The Hall–Kier alpha value is -2.53. The van der Waals surface area contributed by atoms with Crippen LogP contribution in [-0.2, 0) is 12.0 Å². The molecular formula is C22H25NO4. The van der Waals surface area contributed by atoms with Gasteiger partial charge in [0.2, 0.25) is 6.79 Å². The van der Waals surface area contributed by atoms with Crippen molar-refractivity contribution in [3.8, 4) is 11.5 Å². The Morgan fingerprint density at radius 2 is 1.85 bits per heavy atom. The van der Waals surface area contributed by atoms with E-state index in [0.29, 0.717) is 18.9 Å². The van der Waals surface area contributed by atoms with Crippen molar-refractivity contribution in [2.24, 2.45) is 0 Å². The first-order chi connectivity index (χ1) is 13.2. The number of carboxylic acids is 1. The molecule has 0 aromatic heterocycles. The molecule has 0 atom stereocenters. The van der Waals surface area contributed by atoms with Crippen molar-refractivity contribution >= 4 is 5.97 Å². The van der Waals surface area contributed by atoms with Crippen LogP contribution in [0.2, 0.25) is 0 Å². The minimum Gasteiger partial charge on any atom is -0.478 e. The van der Waals surface area contributed by atoms with Gasteiger partial charge in [-0.05, 0) is 48.2 Å². The summed E-state index contributed by atoms with van der Waals surface area (Å²) >= 11 is 0. The van der Waals surface area contributed by atoms with Crippen molar-refractivity contribution in [3.63, 3.8) is 0 Å². The minimum absolute atomic E-state index is 0.0869. The Labute approximate surface area is 159 Å². The summed E-state index contributed by atoms with van der Waals surface area (Å²) in [5.74, 6) is 0.774. The van der Waals surface area contributed by atoms with Crippen LogP contribution >= 0.6 is 0 Å². The smallest absolute Gasteiger partial charge is 0.335 e. The van der Waals surface area contributed by atoms with Gasteiger partial charge in [-0.2, -0.15) is 0 Å². The zero-order valence-electron chi connectivity index (χ0n) is 15.4. The van der Waals surface area contributed by atoms with Crippen LogP contribution < -0.4 is 14.8 Å². The zero-order chi connectivity index (χ0) is 18.7. The number of hydrogen-bond donors (Lipinski definition) is 2. The molecule has 0 amide bonds. The molecule has 5 heteroatoms. The molecule has 0 saturated heterocycles. The topological polar surface area (TPSA) is 67.8 Å². The number of rotatable bonds is 6. The standard InChI is InChI=1S/C22H25NO4/c24-21(25)17-6-4-5-16(11-17)13-23-14-22(9-2-1-3-10-22)18-7-8-19-20(12-18)27-15-26-19/h4-8,11-12,23H,1-3,9-10,13-15H2,(H,24,25). The monoisotopic (exact) mass is 367 g/mol. The molecule has 1 heterocycles. The van der Waals surface area contributed by atoms with E-state index in [4.69, 9.17) is 14.6 Å². The van der Waals surface area contributed by atoms with E-state index in [1.165, 1.54) is 24.8 Å². The van der Waals surface area contributed by atoms with Gasteiger partial charge >= 0.3 is 5.97 Å². The normalized spacial score (nSPS) is 17.6. The van der Waals surface area contributed by atoms with Crippen LogP contribution in [0.1, 0.15) is 53.6 Å². The number of carboxylic acid groups (broad SMARTS) is 1. The van der Waals surface area contributed by atoms with Gasteiger partial charge in [0, 0.05) is 18.5 Å². The van der Waals surface area contributed by atoms with Gasteiger partial charge in [-0.1, -0.05) is 37.5 Å². The highest BCUT2D eigenvalue weighted by molar-refractivity contribution is 5.87. The second kappa shape index (κ2) is 7.61. The number of nitrogens with one attached hydrogen (secondary N) is 1. The number of ether oxygens (including phenoxy) is 2. The predicted octanol–water partition coefficient (Wildman–Crippen LogP) is 4.11. The van der Waals surface area contributed by atoms with Gasteiger partial charge in [0.05, 0.1) is 5.56 Å². The summed E-state index contributed by atoms with van der Waals surface area (Å²) < 4.78 is 11.0. The van der Waals surface area contributed by atoms with Crippen LogP contribution in [0, 0.1) is 0 Å². The molecule has 5 nitrogen and oxygen atoms in total. The van der Waals surface area contributed by atoms with Crippen LogP contribution in [0.3, 0.4) is 0 Å². The van der Waals surface area contributed by atoms with Gasteiger partial charge in [0.25, 0.3) is 0 Å². The zero-order valence-corrected chi connectivity index (χ0v) is 15.4. The van der Waals surface area contributed by atoms with E-state index in [2.05, 4.69) is 17.4 Å². The number of benzene rings is 2. The van der Waals surface area contributed by atoms with Crippen molar-refractivity contribution in [3.05, 3.63) is 59.2 Å². The predicted molar refractivity (Wildman–Crippen MR) is 102 cm³/mol. The van der Waals surface area contributed by atoms with Gasteiger partial charge in [-0.25, -0.2) is 4.79 Å². The summed E-state index contributed by atoms with van der Waals surface area (Å²) in [5.41, 5.74) is 2.71. The van der Waals surface area contributed by atoms with Gasteiger partial charge in [0.1, 0.15) is 0 Å². The van der Waals surface area contributed by atoms with Crippen LogP contribution in [0.15, 0.2) is 42.5 Å². The third kappa shape index (κ3) is 3.78. The van der Waals surface area contributed by atoms with E-state index in [9.17, 15) is 4.79 Å². The highest BCUT2D eigenvalue weighted by Gasteiger charge is 2.34. The highest BCUT2D eigenvalue weighted by Crippen LogP contribution is 2.43. The highest BCUT2D eigenvalue weighted by atomic mass is 16.7. The second-order valence-electron chi connectivity index (χ2n) is 7.52. The molecule has 142 valence electrons. The summed E-state index contributed by atoms with van der Waals surface area (Å²) in [5, 5.41) is 12.7. The Kier molecular flexibility index (Phi) is 5.03. The maximum atomic E-state index is 11.2.